The zero-order valence-electron chi connectivity index (χ0n) is 12.1. The molecule has 1 N–H and O–H groups in total. The van der Waals surface area contributed by atoms with Gasteiger partial charge < -0.3 is 19.2 Å². The van der Waals surface area contributed by atoms with Crippen LogP contribution in [0.3, 0.4) is 0 Å². The number of ether oxygens (including phenoxy) is 2. The molecule has 1 aromatic carbocycles. The highest BCUT2D eigenvalue weighted by Crippen LogP contribution is 2.27. The first-order chi connectivity index (χ1) is 10.3. The van der Waals surface area contributed by atoms with E-state index in [1.165, 1.54) is 0 Å². The molecule has 0 aliphatic rings. The van der Waals surface area contributed by atoms with Gasteiger partial charge in [-0.25, -0.2) is 0 Å². The zero-order chi connectivity index (χ0) is 15.1. The third kappa shape index (κ3) is 4.26. The fourth-order valence-corrected chi connectivity index (χ4v) is 2.02. The molecule has 0 fully saturated rings. The molecule has 0 spiro atoms. The lowest BCUT2D eigenvalue weighted by atomic mass is 10.1. The van der Waals surface area contributed by atoms with Crippen molar-refractivity contribution in [3.63, 3.8) is 0 Å². The van der Waals surface area contributed by atoms with E-state index in [-0.39, 0.29) is 0 Å². The van der Waals surface area contributed by atoms with Crippen LogP contribution in [-0.4, -0.2) is 36.8 Å². The van der Waals surface area contributed by atoms with Crippen molar-refractivity contribution < 1.29 is 13.9 Å². The minimum absolute atomic E-state index is 0.413. The number of hydrogen-bond donors (Lipinski definition) is 1. The molecular formula is C14H18ClN3O3. The van der Waals surface area contributed by atoms with Crippen molar-refractivity contribution in [3.05, 3.63) is 29.7 Å². The summed E-state index contributed by atoms with van der Waals surface area (Å²) in [7, 11) is 3.24. The second-order valence-electron chi connectivity index (χ2n) is 4.31. The van der Waals surface area contributed by atoms with E-state index in [4.69, 9.17) is 25.5 Å². The SMILES string of the molecule is COc1ccc(CCNc2nnc(CCCl)o2)cc1OC. The predicted octanol–water partition coefficient (Wildman–Crippen LogP) is 2.52. The summed E-state index contributed by atoms with van der Waals surface area (Å²) < 4.78 is 15.9. The molecule has 0 radical (unpaired) electrons. The highest BCUT2D eigenvalue weighted by atomic mass is 35.5. The van der Waals surface area contributed by atoms with Crippen molar-refractivity contribution in [2.45, 2.75) is 12.8 Å². The van der Waals surface area contributed by atoms with Crippen LogP contribution in [0.25, 0.3) is 0 Å². The molecule has 114 valence electrons. The lowest BCUT2D eigenvalue weighted by molar-refractivity contribution is 0.354. The maximum Gasteiger partial charge on any atom is 0.315 e. The molecule has 2 aromatic rings. The van der Waals surface area contributed by atoms with Crippen LogP contribution in [0.2, 0.25) is 0 Å². The Bertz CT molecular complexity index is 574. The van der Waals surface area contributed by atoms with Crippen molar-refractivity contribution in [2.75, 3.05) is 32.0 Å². The van der Waals surface area contributed by atoms with Gasteiger partial charge in [-0.2, -0.15) is 0 Å². The lowest BCUT2D eigenvalue weighted by Crippen LogP contribution is -2.05. The molecular weight excluding hydrogens is 294 g/mol. The van der Waals surface area contributed by atoms with Crippen LogP contribution in [0.4, 0.5) is 6.01 Å². The number of alkyl halides is 1. The van der Waals surface area contributed by atoms with E-state index >= 15 is 0 Å². The van der Waals surface area contributed by atoms with E-state index in [1.54, 1.807) is 14.2 Å². The lowest BCUT2D eigenvalue weighted by Gasteiger charge is -2.09. The standard InChI is InChI=1S/C14H18ClN3O3/c1-19-11-4-3-10(9-12(11)20-2)6-8-16-14-18-17-13(21-14)5-7-15/h3-4,9H,5-8H2,1-2H3,(H,16,18). The molecule has 0 aliphatic heterocycles. The van der Waals surface area contributed by atoms with Crippen LogP contribution in [0.15, 0.2) is 22.6 Å². The number of methoxy groups -OCH3 is 2. The number of hydrogen-bond acceptors (Lipinski definition) is 6. The van der Waals surface area contributed by atoms with Crippen molar-refractivity contribution in [3.8, 4) is 11.5 Å². The molecule has 6 nitrogen and oxygen atoms in total. The Hall–Kier alpha value is -1.95. The van der Waals surface area contributed by atoms with Gasteiger partial charge in [0.2, 0.25) is 5.89 Å². The average molecular weight is 312 g/mol. The third-order valence-corrected chi connectivity index (χ3v) is 3.10. The Kier molecular flexibility index (Phi) is 5.68. The molecule has 1 aromatic heterocycles. The summed E-state index contributed by atoms with van der Waals surface area (Å²) in [5.41, 5.74) is 1.13. The summed E-state index contributed by atoms with van der Waals surface area (Å²) in [5, 5.41) is 10.9. The monoisotopic (exact) mass is 311 g/mol. The Morgan fingerprint density at radius 1 is 1.14 bits per heavy atom. The molecule has 1 heterocycles. The minimum Gasteiger partial charge on any atom is -0.493 e. The van der Waals surface area contributed by atoms with Gasteiger partial charge in [-0.1, -0.05) is 11.2 Å². The van der Waals surface area contributed by atoms with Crippen LogP contribution in [0.1, 0.15) is 11.5 Å². The average Bonchev–Trinajstić information content (AvgIpc) is 2.95. The van der Waals surface area contributed by atoms with E-state index in [2.05, 4.69) is 15.5 Å². The van der Waals surface area contributed by atoms with E-state index in [0.29, 0.717) is 30.8 Å². The fraction of sp³-hybridized carbons (Fsp3) is 0.429. The molecule has 0 bridgehead atoms. The topological polar surface area (TPSA) is 69.4 Å². The number of aromatic nitrogens is 2. The molecule has 2 rings (SSSR count). The predicted molar refractivity (Wildman–Crippen MR) is 80.5 cm³/mol. The number of aryl methyl sites for hydroxylation is 1. The summed E-state index contributed by atoms with van der Waals surface area (Å²) in [6.45, 7) is 0.679. The number of benzene rings is 1. The van der Waals surface area contributed by atoms with E-state index in [0.717, 1.165) is 23.5 Å². The largest absolute Gasteiger partial charge is 0.493 e. The molecule has 0 amide bonds. The van der Waals surface area contributed by atoms with Gasteiger partial charge in [-0.3, -0.25) is 0 Å². The van der Waals surface area contributed by atoms with E-state index < -0.39 is 0 Å². The Balaban J connectivity index is 1.87. The molecule has 0 unspecified atom stereocenters. The van der Waals surface area contributed by atoms with Gasteiger partial charge in [-0.05, 0) is 24.1 Å². The van der Waals surface area contributed by atoms with Crippen LogP contribution in [-0.2, 0) is 12.8 Å². The van der Waals surface area contributed by atoms with Crippen LogP contribution < -0.4 is 14.8 Å². The van der Waals surface area contributed by atoms with Gasteiger partial charge in [0.15, 0.2) is 11.5 Å². The highest BCUT2D eigenvalue weighted by Gasteiger charge is 2.06. The van der Waals surface area contributed by atoms with Crippen LogP contribution >= 0.6 is 11.6 Å². The maximum absolute atomic E-state index is 5.61. The number of rotatable bonds is 8. The van der Waals surface area contributed by atoms with Crippen molar-refractivity contribution in [1.82, 2.24) is 10.2 Å². The summed E-state index contributed by atoms with van der Waals surface area (Å²) in [6.07, 6.45) is 1.37. The number of nitrogens with one attached hydrogen (secondary N) is 1. The quantitative estimate of drug-likeness (QED) is 0.755. The first-order valence-corrected chi connectivity index (χ1v) is 7.13. The molecule has 21 heavy (non-hydrogen) atoms. The molecule has 0 aliphatic carbocycles. The van der Waals surface area contributed by atoms with E-state index in [9.17, 15) is 0 Å². The summed E-state index contributed by atoms with van der Waals surface area (Å²) in [6, 6.07) is 6.25. The Labute approximate surface area is 128 Å². The van der Waals surface area contributed by atoms with Gasteiger partial charge in [0.05, 0.1) is 14.2 Å². The molecule has 0 atom stereocenters. The minimum atomic E-state index is 0.413. The Morgan fingerprint density at radius 2 is 1.95 bits per heavy atom. The number of halogens is 1. The van der Waals surface area contributed by atoms with Gasteiger partial charge in [0.25, 0.3) is 0 Å². The smallest absolute Gasteiger partial charge is 0.315 e. The normalized spacial score (nSPS) is 10.4. The third-order valence-electron chi connectivity index (χ3n) is 2.91. The molecule has 7 heteroatoms. The molecule has 0 saturated carbocycles. The van der Waals surface area contributed by atoms with Crippen molar-refractivity contribution >= 4 is 17.6 Å². The maximum atomic E-state index is 5.61. The van der Waals surface area contributed by atoms with Gasteiger partial charge in [-0.15, -0.1) is 16.7 Å². The Morgan fingerprint density at radius 3 is 2.67 bits per heavy atom. The summed E-state index contributed by atoms with van der Waals surface area (Å²) >= 11 is 5.61. The first-order valence-electron chi connectivity index (χ1n) is 6.60. The second kappa shape index (κ2) is 7.73. The van der Waals surface area contributed by atoms with Crippen LogP contribution in [0, 0.1) is 0 Å². The van der Waals surface area contributed by atoms with Crippen LogP contribution in [0.5, 0.6) is 11.5 Å². The fourth-order valence-electron chi connectivity index (χ4n) is 1.86. The highest BCUT2D eigenvalue weighted by molar-refractivity contribution is 6.17. The van der Waals surface area contributed by atoms with Crippen molar-refractivity contribution in [2.24, 2.45) is 0 Å². The molecule has 0 saturated heterocycles. The van der Waals surface area contributed by atoms with Crippen molar-refractivity contribution in [1.29, 1.82) is 0 Å². The zero-order valence-corrected chi connectivity index (χ0v) is 12.8. The van der Waals surface area contributed by atoms with Gasteiger partial charge in [0.1, 0.15) is 0 Å². The number of nitrogens with zero attached hydrogens (tertiary/aromatic N) is 2. The second-order valence-corrected chi connectivity index (χ2v) is 4.68. The summed E-state index contributed by atoms with van der Waals surface area (Å²) in [5.74, 6) is 2.44. The first kappa shape index (κ1) is 15.4. The number of anilines is 1. The van der Waals surface area contributed by atoms with Gasteiger partial charge in [0, 0.05) is 18.8 Å². The van der Waals surface area contributed by atoms with E-state index in [1.807, 2.05) is 18.2 Å². The summed E-state index contributed by atoms with van der Waals surface area (Å²) in [4.78, 5) is 0. The van der Waals surface area contributed by atoms with Gasteiger partial charge >= 0.3 is 6.01 Å².